The van der Waals surface area contributed by atoms with Crippen molar-refractivity contribution in [2.24, 2.45) is 5.73 Å². The predicted molar refractivity (Wildman–Crippen MR) is 61.1 cm³/mol. The largest absolute Gasteiger partial charge is 0.385 e. The maximum Gasteiger partial charge on any atom is 0.242 e. The summed E-state index contributed by atoms with van der Waals surface area (Å²) in [6, 6.07) is 1.22. The van der Waals surface area contributed by atoms with Gasteiger partial charge in [0.05, 0.1) is 6.04 Å². The number of nitrogens with zero attached hydrogens (tertiary/aromatic N) is 1. The van der Waals surface area contributed by atoms with E-state index in [-0.39, 0.29) is 5.91 Å². The number of methoxy groups -OCH3 is 1. The van der Waals surface area contributed by atoms with Crippen molar-refractivity contribution >= 4 is 11.7 Å². The molecule has 1 aromatic rings. The number of hydrogen-bond acceptors (Lipinski definition) is 4. The van der Waals surface area contributed by atoms with Gasteiger partial charge in [-0.3, -0.25) is 9.89 Å². The molecule has 1 atom stereocenters. The Morgan fingerprint density at radius 1 is 1.75 bits per heavy atom. The minimum Gasteiger partial charge on any atom is -0.385 e. The highest BCUT2D eigenvalue weighted by molar-refractivity contribution is 5.93. The molecule has 0 fully saturated rings. The lowest BCUT2D eigenvalue weighted by atomic mass is 10.2. The van der Waals surface area contributed by atoms with E-state index in [0.717, 1.165) is 12.1 Å². The summed E-state index contributed by atoms with van der Waals surface area (Å²) < 4.78 is 4.85. The molecule has 6 nitrogen and oxygen atoms in total. The lowest BCUT2D eigenvalue weighted by Crippen LogP contribution is -2.36. The number of aromatic amines is 1. The van der Waals surface area contributed by atoms with Gasteiger partial charge in [0.15, 0.2) is 5.82 Å². The van der Waals surface area contributed by atoms with Crippen LogP contribution in [0.1, 0.15) is 19.0 Å². The van der Waals surface area contributed by atoms with Crippen LogP contribution in [0, 0.1) is 0 Å². The second-order valence-corrected chi connectivity index (χ2v) is 3.51. The number of anilines is 1. The van der Waals surface area contributed by atoms with Crippen LogP contribution >= 0.6 is 0 Å². The number of ether oxygens (including phenoxy) is 1. The number of H-pyrrole nitrogens is 1. The molecule has 4 N–H and O–H groups in total. The summed E-state index contributed by atoms with van der Waals surface area (Å²) in [5, 5.41) is 9.40. The van der Waals surface area contributed by atoms with Gasteiger partial charge in [-0.1, -0.05) is 6.92 Å². The minimum atomic E-state index is -0.568. The van der Waals surface area contributed by atoms with Gasteiger partial charge in [-0.05, 0) is 12.8 Å². The van der Waals surface area contributed by atoms with E-state index in [2.05, 4.69) is 15.5 Å². The number of amides is 1. The highest BCUT2D eigenvalue weighted by Crippen LogP contribution is 2.06. The summed E-state index contributed by atoms with van der Waals surface area (Å²) >= 11 is 0. The standard InChI is InChI=1S/C10H18N4O2/c1-3-7-6-9(14-13-7)12-10(15)8(11)4-5-16-2/h6,8H,3-5,11H2,1-2H3,(H2,12,13,14,15). The number of hydrogen-bond donors (Lipinski definition) is 3. The van der Waals surface area contributed by atoms with Gasteiger partial charge < -0.3 is 15.8 Å². The van der Waals surface area contributed by atoms with E-state index in [1.807, 2.05) is 6.92 Å². The number of carbonyl (C=O) groups is 1. The van der Waals surface area contributed by atoms with Gasteiger partial charge in [0.25, 0.3) is 0 Å². The fourth-order valence-corrected chi connectivity index (χ4v) is 1.20. The van der Waals surface area contributed by atoms with Crippen LogP contribution in [0.15, 0.2) is 6.07 Å². The average Bonchev–Trinajstić information content (AvgIpc) is 2.73. The first-order valence-corrected chi connectivity index (χ1v) is 5.27. The van der Waals surface area contributed by atoms with Crippen LogP contribution in [0.5, 0.6) is 0 Å². The van der Waals surface area contributed by atoms with Gasteiger partial charge in [0, 0.05) is 25.5 Å². The second kappa shape index (κ2) is 6.24. The second-order valence-electron chi connectivity index (χ2n) is 3.51. The van der Waals surface area contributed by atoms with E-state index in [1.54, 1.807) is 13.2 Å². The number of carbonyl (C=O) groups excluding carboxylic acids is 1. The fourth-order valence-electron chi connectivity index (χ4n) is 1.20. The molecule has 1 amide bonds. The van der Waals surface area contributed by atoms with Gasteiger partial charge >= 0.3 is 0 Å². The summed E-state index contributed by atoms with van der Waals surface area (Å²) in [6.07, 6.45) is 1.34. The summed E-state index contributed by atoms with van der Waals surface area (Å²) in [5.74, 6) is 0.265. The molecular weight excluding hydrogens is 208 g/mol. The zero-order chi connectivity index (χ0) is 12.0. The Morgan fingerprint density at radius 3 is 3.06 bits per heavy atom. The minimum absolute atomic E-state index is 0.244. The van der Waals surface area contributed by atoms with Crippen LogP contribution in [0.4, 0.5) is 5.82 Å². The lowest BCUT2D eigenvalue weighted by molar-refractivity contribution is -0.117. The Balaban J connectivity index is 2.44. The quantitative estimate of drug-likeness (QED) is 0.649. The Labute approximate surface area is 94.5 Å². The molecule has 1 rings (SSSR count). The van der Waals surface area contributed by atoms with Crippen molar-refractivity contribution in [1.29, 1.82) is 0 Å². The summed E-state index contributed by atoms with van der Waals surface area (Å²) in [7, 11) is 1.58. The van der Waals surface area contributed by atoms with Crippen molar-refractivity contribution in [2.75, 3.05) is 19.0 Å². The number of aromatic nitrogens is 2. The maximum absolute atomic E-state index is 11.6. The number of rotatable bonds is 6. The van der Waals surface area contributed by atoms with Crippen LogP contribution in [-0.2, 0) is 16.0 Å². The Hall–Kier alpha value is -1.40. The van der Waals surface area contributed by atoms with Crippen LogP contribution < -0.4 is 11.1 Å². The molecule has 1 unspecified atom stereocenters. The lowest BCUT2D eigenvalue weighted by Gasteiger charge is -2.09. The molecule has 0 aliphatic carbocycles. The third-order valence-electron chi connectivity index (χ3n) is 2.23. The molecule has 0 spiro atoms. The molecule has 0 saturated carbocycles. The zero-order valence-corrected chi connectivity index (χ0v) is 9.62. The predicted octanol–water partition coefficient (Wildman–Crippen LogP) is 0.274. The molecular formula is C10H18N4O2. The first-order chi connectivity index (χ1) is 7.67. The third kappa shape index (κ3) is 3.63. The van der Waals surface area contributed by atoms with Crippen molar-refractivity contribution in [3.8, 4) is 0 Å². The average molecular weight is 226 g/mol. The Bertz CT molecular complexity index is 337. The molecule has 90 valence electrons. The van der Waals surface area contributed by atoms with E-state index >= 15 is 0 Å². The summed E-state index contributed by atoms with van der Waals surface area (Å²) in [5.41, 5.74) is 6.63. The van der Waals surface area contributed by atoms with Gasteiger partial charge in [0.1, 0.15) is 0 Å². The van der Waals surface area contributed by atoms with Crippen LogP contribution in [0.25, 0.3) is 0 Å². The van der Waals surface area contributed by atoms with Crippen molar-refractivity contribution in [3.63, 3.8) is 0 Å². The van der Waals surface area contributed by atoms with Crippen LogP contribution in [-0.4, -0.2) is 35.9 Å². The van der Waals surface area contributed by atoms with Crippen molar-refractivity contribution in [3.05, 3.63) is 11.8 Å². The Morgan fingerprint density at radius 2 is 2.50 bits per heavy atom. The normalized spacial score (nSPS) is 12.4. The smallest absolute Gasteiger partial charge is 0.242 e. The molecule has 0 radical (unpaired) electrons. The molecule has 1 aromatic heterocycles. The first kappa shape index (κ1) is 12.7. The van der Waals surface area contributed by atoms with E-state index < -0.39 is 6.04 Å². The molecule has 0 aromatic carbocycles. The van der Waals surface area contributed by atoms with Gasteiger partial charge in [-0.15, -0.1) is 0 Å². The fraction of sp³-hybridized carbons (Fsp3) is 0.600. The van der Waals surface area contributed by atoms with Crippen molar-refractivity contribution < 1.29 is 9.53 Å². The number of nitrogens with one attached hydrogen (secondary N) is 2. The molecule has 0 aliphatic rings. The monoisotopic (exact) mass is 226 g/mol. The third-order valence-corrected chi connectivity index (χ3v) is 2.23. The summed E-state index contributed by atoms with van der Waals surface area (Å²) in [6.45, 7) is 2.47. The topological polar surface area (TPSA) is 93.0 Å². The van der Waals surface area contributed by atoms with E-state index in [4.69, 9.17) is 10.5 Å². The van der Waals surface area contributed by atoms with Crippen LogP contribution in [0.2, 0.25) is 0 Å². The molecule has 0 bridgehead atoms. The van der Waals surface area contributed by atoms with E-state index in [9.17, 15) is 4.79 Å². The van der Waals surface area contributed by atoms with Crippen LogP contribution in [0.3, 0.4) is 0 Å². The first-order valence-electron chi connectivity index (χ1n) is 5.27. The van der Waals surface area contributed by atoms with E-state index in [0.29, 0.717) is 18.8 Å². The molecule has 0 aliphatic heterocycles. The molecule has 16 heavy (non-hydrogen) atoms. The van der Waals surface area contributed by atoms with E-state index in [1.165, 1.54) is 0 Å². The van der Waals surface area contributed by atoms with Gasteiger partial charge in [-0.25, -0.2) is 0 Å². The van der Waals surface area contributed by atoms with Crippen molar-refractivity contribution in [2.45, 2.75) is 25.8 Å². The molecule has 0 saturated heterocycles. The molecule has 6 heteroatoms. The van der Waals surface area contributed by atoms with Gasteiger partial charge in [0.2, 0.25) is 5.91 Å². The highest BCUT2D eigenvalue weighted by atomic mass is 16.5. The number of nitrogens with two attached hydrogens (primary N) is 1. The molecule has 1 heterocycles. The Kier molecular flexibility index (Phi) is 4.94. The highest BCUT2D eigenvalue weighted by Gasteiger charge is 2.14. The number of aryl methyl sites for hydroxylation is 1. The SMILES string of the molecule is CCc1cc(NC(=O)C(N)CCOC)n[nH]1. The van der Waals surface area contributed by atoms with Gasteiger partial charge in [-0.2, -0.15) is 5.10 Å². The van der Waals surface area contributed by atoms with Crippen molar-refractivity contribution in [1.82, 2.24) is 10.2 Å². The maximum atomic E-state index is 11.6. The summed E-state index contributed by atoms with van der Waals surface area (Å²) in [4.78, 5) is 11.6. The zero-order valence-electron chi connectivity index (χ0n) is 9.62.